The molecule has 0 spiro atoms. The Morgan fingerprint density at radius 2 is 0.810 bits per heavy atom. The standard InChI is InChI=1S/C10H16N2O8.Ca.2H/c13-7(14)3-11(4-8(15)16)1-2-12(5-9(17)18)6-10(19)20;;;/h1-6H2,(H,13,14)(H,15,16)(H,17,18)(H,19,20);;;/q;+2;2*-1. The molecule has 0 amide bonds. The van der Waals surface area contributed by atoms with Crippen LogP contribution >= 0.6 is 0 Å². The molecule has 4 N–H and O–H groups in total. The van der Waals surface area contributed by atoms with Crippen molar-refractivity contribution in [3.05, 3.63) is 0 Å². The normalized spacial score (nSPS) is 10.2. The fourth-order valence-electron chi connectivity index (χ4n) is 1.48. The van der Waals surface area contributed by atoms with Crippen LogP contribution in [0.1, 0.15) is 2.85 Å². The van der Waals surface area contributed by atoms with Crippen LogP contribution in [-0.2, 0) is 19.2 Å². The van der Waals surface area contributed by atoms with Crippen LogP contribution in [0.2, 0.25) is 0 Å². The molecule has 11 heteroatoms. The monoisotopic (exact) mass is 334 g/mol. The van der Waals surface area contributed by atoms with Crippen molar-refractivity contribution in [2.45, 2.75) is 0 Å². The van der Waals surface area contributed by atoms with E-state index in [0.29, 0.717) is 0 Å². The van der Waals surface area contributed by atoms with Crippen LogP contribution in [-0.4, -0.2) is 131 Å². The second-order valence-corrected chi connectivity index (χ2v) is 4.00. The summed E-state index contributed by atoms with van der Waals surface area (Å²) in [6.07, 6.45) is 0. The quantitative estimate of drug-likeness (QED) is 0.305. The number of aliphatic carboxylic acids is 4. The Bertz CT molecular complexity index is 331. The molecule has 0 aliphatic rings. The van der Waals surface area contributed by atoms with Gasteiger partial charge < -0.3 is 23.3 Å². The van der Waals surface area contributed by atoms with Gasteiger partial charge in [0.2, 0.25) is 0 Å². The van der Waals surface area contributed by atoms with E-state index in [-0.39, 0.29) is 53.7 Å². The predicted octanol–water partition coefficient (Wildman–Crippen LogP) is -2.23. The van der Waals surface area contributed by atoms with E-state index >= 15 is 0 Å². The van der Waals surface area contributed by atoms with Crippen molar-refractivity contribution >= 4 is 61.6 Å². The van der Waals surface area contributed by atoms with E-state index in [1.54, 1.807) is 0 Å². The molecule has 0 aliphatic heterocycles. The van der Waals surface area contributed by atoms with Gasteiger partial charge in [0.15, 0.2) is 0 Å². The van der Waals surface area contributed by atoms with E-state index in [0.717, 1.165) is 9.80 Å². The molecule has 118 valence electrons. The summed E-state index contributed by atoms with van der Waals surface area (Å²) >= 11 is 0. The number of hydrogen-bond acceptors (Lipinski definition) is 6. The van der Waals surface area contributed by atoms with Crippen LogP contribution in [0.15, 0.2) is 0 Å². The Hall–Kier alpha value is -0.940. The molecule has 0 aliphatic carbocycles. The first-order chi connectivity index (χ1) is 9.20. The summed E-state index contributed by atoms with van der Waals surface area (Å²) < 4.78 is 0. The molecule has 0 heterocycles. The number of hydrogen-bond donors (Lipinski definition) is 4. The van der Waals surface area contributed by atoms with E-state index in [1.165, 1.54) is 0 Å². The molecule has 0 rings (SSSR count). The minimum atomic E-state index is -1.23. The van der Waals surface area contributed by atoms with Crippen molar-refractivity contribution < 1.29 is 42.5 Å². The van der Waals surface area contributed by atoms with E-state index in [9.17, 15) is 19.2 Å². The summed E-state index contributed by atoms with van der Waals surface area (Å²) in [5, 5.41) is 34.5. The van der Waals surface area contributed by atoms with Gasteiger partial charge in [-0.05, 0) is 0 Å². The molecule has 0 radical (unpaired) electrons. The smallest absolute Gasteiger partial charge is 1.00 e. The van der Waals surface area contributed by atoms with Crippen LogP contribution in [0.3, 0.4) is 0 Å². The molecular formula is C10H18CaN2O8. The van der Waals surface area contributed by atoms with Gasteiger partial charge >= 0.3 is 61.6 Å². The molecule has 0 saturated heterocycles. The summed E-state index contributed by atoms with van der Waals surface area (Å²) in [7, 11) is 0. The number of rotatable bonds is 11. The zero-order valence-corrected chi connectivity index (χ0v) is 13.5. The number of nitrogens with zero attached hydrogens (tertiary/aromatic N) is 2. The molecule has 0 unspecified atom stereocenters. The molecular weight excluding hydrogens is 316 g/mol. The number of carbonyl (C=O) groups is 4. The Balaban J connectivity index is -0.000000602. The Kier molecular flexibility index (Phi) is 12.4. The average Bonchev–Trinajstić information content (AvgIpc) is 2.22. The third-order valence-corrected chi connectivity index (χ3v) is 2.17. The summed E-state index contributed by atoms with van der Waals surface area (Å²) in [6.45, 7) is -2.25. The molecule has 0 atom stereocenters. The van der Waals surface area contributed by atoms with E-state index < -0.39 is 50.1 Å². The zero-order valence-electron chi connectivity index (χ0n) is 13.3. The molecule has 0 fully saturated rings. The maximum atomic E-state index is 10.6. The molecule has 0 saturated carbocycles. The van der Waals surface area contributed by atoms with Gasteiger partial charge in [-0.1, -0.05) is 0 Å². The van der Waals surface area contributed by atoms with Crippen molar-refractivity contribution in [2.75, 3.05) is 39.3 Å². The van der Waals surface area contributed by atoms with Gasteiger partial charge in [0.25, 0.3) is 0 Å². The average molecular weight is 334 g/mol. The minimum Gasteiger partial charge on any atom is -1.00 e. The van der Waals surface area contributed by atoms with Gasteiger partial charge in [0, 0.05) is 13.1 Å². The van der Waals surface area contributed by atoms with Gasteiger partial charge in [0.1, 0.15) is 0 Å². The minimum absolute atomic E-state index is 0. The Morgan fingerprint density at radius 3 is 0.952 bits per heavy atom. The van der Waals surface area contributed by atoms with Crippen LogP contribution in [0.5, 0.6) is 0 Å². The van der Waals surface area contributed by atoms with Gasteiger partial charge in [-0.3, -0.25) is 29.0 Å². The van der Waals surface area contributed by atoms with Crippen molar-refractivity contribution in [1.29, 1.82) is 0 Å². The maximum absolute atomic E-state index is 10.6. The van der Waals surface area contributed by atoms with Gasteiger partial charge in [-0.15, -0.1) is 0 Å². The van der Waals surface area contributed by atoms with Crippen molar-refractivity contribution in [3.8, 4) is 0 Å². The van der Waals surface area contributed by atoms with Gasteiger partial charge in [-0.2, -0.15) is 0 Å². The molecule has 0 aromatic rings. The van der Waals surface area contributed by atoms with Crippen LogP contribution < -0.4 is 0 Å². The maximum Gasteiger partial charge on any atom is 2.00 e. The largest absolute Gasteiger partial charge is 2.00 e. The Morgan fingerprint density at radius 1 is 0.619 bits per heavy atom. The second kappa shape index (κ2) is 11.7. The molecule has 21 heavy (non-hydrogen) atoms. The third kappa shape index (κ3) is 13.8. The van der Waals surface area contributed by atoms with E-state index in [2.05, 4.69) is 0 Å². The van der Waals surface area contributed by atoms with E-state index in [1.807, 2.05) is 0 Å². The molecule has 10 nitrogen and oxygen atoms in total. The summed E-state index contributed by atoms with van der Waals surface area (Å²) in [4.78, 5) is 44.4. The van der Waals surface area contributed by atoms with Crippen LogP contribution in [0, 0.1) is 0 Å². The molecule has 0 aromatic heterocycles. The van der Waals surface area contributed by atoms with Gasteiger partial charge in [-0.25, -0.2) is 0 Å². The first kappa shape index (κ1) is 22.3. The van der Waals surface area contributed by atoms with Crippen LogP contribution in [0.25, 0.3) is 0 Å². The van der Waals surface area contributed by atoms with Gasteiger partial charge in [0.05, 0.1) is 26.2 Å². The fourth-order valence-corrected chi connectivity index (χ4v) is 1.48. The summed E-state index contributed by atoms with van der Waals surface area (Å²) in [5.74, 6) is -4.91. The first-order valence-corrected chi connectivity index (χ1v) is 5.52. The zero-order chi connectivity index (χ0) is 15.7. The second-order valence-electron chi connectivity index (χ2n) is 4.00. The third-order valence-electron chi connectivity index (χ3n) is 2.17. The predicted molar refractivity (Wildman–Crippen MR) is 71.4 cm³/mol. The number of carboxylic acids is 4. The first-order valence-electron chi connectivity index (χ1n) is 5.52. The van der Waals surface area contributed by atoms with Crippen molar-refractivity contribution in [1.82, 2.24) is 9.80 Å². The Labute approximate surface area is 152 Å². The van der Waals surface area contributed by atoms with E-state index in [4.69, 9.17) is 20.4 Å². The van der Waals surface area contributed by atoms with Crippen molar-refractivity contribution in [2.24, 2.45) is 0 Å². The summed E-state index contributed by atoms with van der Waals surface area (Å²) in [5.41, 5.74) is 0. The number of carboxylic acid groups (broad SMARTS) is 4. The molecule has 0 aromatic carbocycles. The SMILES string of the molecule is O=C(O)CN(CCN(CC(=O)O)CC(=O)O)CC(=O)O.[Ca+2].[H-].[H-]. The summed E-state index contributed by atoms with van der Waals surface area (Å²) in [6, 6.07) is 0. The fraction of sp³-hybridized carbons (Fsp3) is 0.600. The van der Waals surface area contributed by atoms with Crippen LogP contribution in [0.4, 0.5) is 0 Å². The topological polar surface area (TPSA) is 156 Å². The molecule has 0 bridgehead atoms. The van der Waals surface area contributed by atoms with Crippen molar-refractivity contribution in [3.63, 3.8) is 0 Å².